The fourth-order valence-electron chi connectivity index (χ4n) is 4.19. The van der Waals surface area contributed by atoms with E-state index in [0.29, 0.717) is 30.5 Å². The highest BCUT2D eigenvalue weighted by Crippen LogP contribution is 2.38. The van der Waals surface area contributed by atoms with Crippen molar-refractivity contribution < 1.29 is 23.1 Å². The Morgan fingerprint density at radius 1 is 0.868 bits per heavy atom. The van der Waals surface area contributed by atoms with Gasteiger partial charge in [0.05, 0.1) is 12.1 Å². The molecule has 4 nitrogen and oxygen atoms in total. The predicted octanol–water partition coefficient (Wildman–Crippen LogP) is 8.35. The van der Waals surface area contributed by atoms with E-state index in [1.165, 1.54) is 31.2 Å². The van der Waals surface area contributed by atoms with E-state index in [1.54, 1.807) is 29.2 Å². The Labute approximate surface area is 226 Å². The van der Waals surface area contributed by atoms with Crippen LogP contribution in [0.5, 0.6) is 5.75 Å². The third-order valence-electron chi connectivity index (χ3n) is 7.41. The van der Waals surface area contributed by atoms with Gasteiger partial charge in [-0.1, -0.05) is 45.0 Å². The van der Waals surface area contributed by atoms with Gasteiger partial charge in [0, 0.05) is 12.6 Å². The monoisotopic (exact) mass is 539 g/mol. The molecule has 3 aromatic carbocycles. The van der Waals surface area contributed by atoms with Crippen LogP contribution in [0.4, 0.5) is 14.5 Å². The highest BCUT2D eigenvalue weighted by molar-refractivity contribution is 6.74. The number of hydrogen-bond acceptors (Lipinski definition) is 3. The van der Waals surface area contributed by atoms with Crippen LogP contribution < -0.4 is 9.33 Å². The molecule has 0 heterocycles. The summed E-state index contributed by atoms with van der Waals surface area (Å²) < 4.78 is 33.4. The number of rotatable bonds is 10. The van der Waals surface area contributed by atoms with Crippen LogP contribution in [0.3, 0.4) is 0 Å². The molecule has 0 radical (unpaired) electrons. The zero-order valence-corrected chi connectivity index (χ0v) is 24.2. The molecule has 0 saturated carbocycles. The van der Waals surface area contributed by atoms with Crippen molar-refractivity contribution in [1.82, 2.24) is 0 Å². The van der Waals surface area contributed by atoms with Crippen LogP contribution in [-0.4, -0.2) is 19.3 Å². The van der Waals surface area contributed by atoms with Crippen molar-refractivity contribution in [2.45, 2.75) is 77.2 Å². The van der Waals surface area contributed by atoms with E-state index in [1.807, 2.05) is 24.3 Å². The van der Waals surface area contributed by atoms with E-state index >= 15 is 0 Å². The Morgan fingerprint density at radius 3 is 1.87 bits per heavy atom. The molecule has 0 unspecified atom stereocenters. The molecule has 0 saturated heterocycles. The third kappa shape index (κ3) is 7.51. The van der Waals surface area contributed by atoms with Gasteiger partial charge < -0.3 is 14.4 Å². The fraction of sp³-hybridized carbons (Fsp3) is 0.387. The minimum Gasteiger partial charge on any atom is -0.544 e. The van der Waals surface area contributed by atoms with E-state index in [-0.39, 0.29) is 28.6 Å². The summed E-state index contributed by atoms with van der Waals surface area (Å²) in [5, 5.41) is 10.7. The van der Waals surface area contributed by atoms with E-state index in [0.717, 1.165) is 11.3 Å². The molecule has 0 spiro atoms. The largest absolute Gasteiger partial charge is 0.544 e. The number of aliphatic hydroxyl groups excluding tert-OH is 1. The topological polar surface area (TPSA) is 49.8 Å². The van der Waals surface area contributed by atoms with Crippen LogP contribution in [-0.2, 0) is 4.79 Å². The van der Waals surface area contributed by atoms with Gasteiger partial charge in [-0.3, -0.25) is 4.79 Å². The molecular weight excluding hydrogens is 500 g/mol. The van der Waals surface area contributed by atoms with Gasteiger partial charge in [0.15, 0.2) is 0 Å². The van der Waals surface area contributed by atoms with Crippen LogP contribution >= 0.6 is 0 Å². The number of carbonyl (C=O) groups excluding carboxylic acids is 1. The molecule has 204 valence electrons. The highest BCUT2D eigenvalue weighted by atomic mass is 28.4. The van der Waals surface area contributed by atoms with Crippen molar-refractivity contribution >= 4 is 19.9 Å². The van der Waals surface area contributed by atoms with Gasteiger partial charge in [-0.15, -0.1) is 0 Å². The second-order valence-corrected chi connectivity index (χ2v) is 16.0. The van der Waals surface area contributed by atoms with Crippen LogP contribution in [0.1, 0.15) is 70.2 Å². The molecular formula is C31H39F2NO3Si. The molecule has 0 aliphatic rings. The summed E-state index contributed by atoms with van der Waals surface area (Å²) in [7, 11) is -2.01. The van der Waals surface area contributed by atoms with Gasteiger partial charge in [0.2, 0.25) is 14.2 Å². The first-order chi connectivity index (χ1) is 17.8. The van der Waals surface area contributed by atoms with Crippen LogP contribution in [0.25, 0.3) is 0 Å². The predicted molar refractivity (Wildman–Crippen MR) is 152 cm³/mol. The van der Waals surface area contributed by atoms with Gasteiger partial charge in [0.1, 0.15) is 17.4 Å². The molecule has 2 atom stereocenters. The quantitative estimate of drug-likeness (QED) is 0.263. The normalized spacial score (nSPS) is 13.6. The smallest absolute Gasteiger partial charge is 0.250 e. The van der Waals surface area contributed by atoms with Crippen molar-refractivity contribution in [2.24, 2.45) is 0 Å². The molecule has 1 amide bonds. The van der Waals surface area contributed by atoms with E-state index in [9.17, 15) is 18.7 Å². The summed E-state index contributed by atoms with van der Waals surface area (Å²) in [6, 6.07) is 19.2. The van der Waals surface area contributed by atoms with Crippen LogP contribution in [0.15, 0.2) is 72.8 Å². The summed E-state index contributed by atoms with van der Waals surface area (Å²) in [5.74, 6) is -0.0916. The maximum Gasteiger partial charge on any atom is 0.250 e. The first kappa shape index (κ1) is 29.5. The Morgan fingerprint density at radius 2 is 1.37 bits per heavy atom. The van der Waals surface area contributed by atoms with E-state index < -0.39 is 14.4 Å². The molecule has 38 heavy (non-hydrogen) atoms. The zero-order valence-electron chi connectivity index (χ0n) is 23.2. The first-order valence-corrected chi connectivity index (χ1v) is 16.0. The number of hydrogen-bond donors (Lipinski definition) is 1. The summed E-state index contributed by atoms with van der Waals surface area (Å²) >= 11 is 0. The number of carbonyl (C=O) groups is 1. The van der Waals surface area contributed by atoms with Gasteiger partial charge in [-0.25, -0.2) is 8.78 Å². The summed E-state index contributed by atoms with van der Waals surface area (Å²) in [4.78, 5) is 14.6. The average Bonchev–Trinajstić information content (AvgIpc) is 2.84. The average molecular weight is 540 g/mol. The maximum absolute atomic E-state index is 13.7. The number of benzene rings is 3. The summed E-state index contributed by atoms with van der Waals surface area (Å²) in [5.41, 5.74) is 2.17. The van der Waals surface area contributed by atoms with Gasteiger partial charge in [0.25, 0.3) is 0 Å². The van der Waals surface area contributed by atoms with Crippen LogP contribution in [0, 0.1) is 11.6 Å². The Hall–Kier alpha value is -3.03. The molecule has 0 bridgehead atoms. The maximum atomic E-state index is 13.7. The lowest BCUT2D eigenvalue weighted by molar-refractivity contribution is -0.117. The van der Waals surface area contributed by atoms with Gasteiger partial charge in [-0.05, 0) is 97.1 Å². The highest BCUT2D eigenvalue weighted by Gasteiger charge is 2.39. The lowest BCUT2D eigenvalue weighted by Gasteiger charge is -2.36. The standard InChI is InChI=1S/C31H39F2NO3Si/c1-22(35)34(27-18-16-26(33)17-19-27)29(8-7-9-30(36)24-10-14-25(32)15-11-24)23-12-20-28(21-13-23)37-38(5,6)31(2,3)4/h10-21,29-30,36H,7-9H2,1-6H3/t29-,30-/m0/s1. The number of halogens is 2. The van der Waals surface area contributed by atoms with E-state index in [4.69, 9.17) is 4.43 Å². The lowest BCUT2D eigenvalue weighted by Crippen LogP contribution is -2.43. The minimum absolute atomic E-state index is 0.0631. The summed E-state index contributed by atoms with van der Waals surface area (Å²) in [6.07, 6.45) is 0.881. The molecule has 3 aromatic rings. The second-order valence-electron chi connectivity index (χ2n) is 11.3. The Balaban J connectivity index is 1.86. The second kappa shape index (κ2) is 12.2. The van der Waals surface area contributed by atoms with E-state index in [2.05, 4.69) is 33.9 Å². The number of anilines is 1. The third-order valence-corrected chi connectivity index (χ3v) is 11.8. The Kier molecular flexibility index (Phi) is 9.49. The van der Waals surface area contributed by atoms with Crippen molar-refractivity contribution in [2.75, 3.05) is 4.90 Å². The Bertz CT molecular complexity index is 1190. The summed E-state index contributed by atoms with van der Waals surface area (Å²) in [6.45, 7) is 12.5. The number of nitrogens with zero attached hydrogens (tertiary/aromatic N) is 1. The molecule has 0 fully saturated rings. The first-order valence-electron chi connectivity index (χ1n) is 13.1. The van der Waals surface area contributed by atoms with Crippen molar-refractivity contribution in [3.05, 3.63) is 95.6 Å². The zero-order chi connectivity index (χ0) is 28.1. The van der Waals surface area contributed by atoms with Crippen LogP contribution in [0.2, 0.25) is 18.1 Å². The minimum atomic E-state index is -2.01. The number of amides is 1. The van der Waals surface area contributed by atoms with Gasteiger partial charge >= 0.3 is 0 Å². The van der Waals surface area contributed by atoms with Crippen molar-refractivity contribution in [3.8, 4) is 5.75 Å². The fourth-order valence-corrected chi connectivity index (χ4v) is 5.22. The molecule has 0 aromatic heterocycles. The lowest BCUT2D eigenvalue weighted by atomic mass is 9.96. The molecule has 3 rings (SSSR count). The molecule has 0 aliphatic heterocycles. The SMILES string of the molecule is CC(=O)N(c1ccc(F)cc1)[C@@H](CCC[C@H](O)c1ccc(F)cc1)c1ccc(O[Si](C)(C)C(C)(C)C)cc1. The molecule has 7 heteroatoms. The molecule has 1 N–H and O–H groups in total. The van der Waals surface area contributed by atoms with Gasteiger partial charge in [-0.2, -0.15) is 0 Å². The van der Waals surface area contributed by atoms with Crippen molar-refractivity contribution in [3.63, 3.8) is 0 Å². The van der Waals surface area contributed by atoms with Crippen molar-refractivity contribution in [1.29, 1.82) is 0 Å². The number of aliphatic hydroxyl groups is 1. The molecule has 0 aliphatic carbocycles.